The lowest BCUT2D eigenvalue weighted by atomic mass is 10.0. The maximum atomic E-state index is 12.1. The van der Waals surface area contributed by atoms with Crippen LogP contribution in [-0.2, 0) is 27.6 Å². The van der Waals surface area contributed by atoms with Crippen molar-refractivity contribution in [3.05, 3.63) is 45.5 Å². The molecule has 2 fully saturated rings. The molecule has 1 aromatic rings. The Kier molecular flexibility index (Phi) is 4.76. The van der Waals surface area contributed by atoms with Crippen molar-refractivity contribution in [1.82, 2.24) is 5.32 Å². The smallest absolute Gasteiger partial charge is 0.323 e. The Morgan fingerprint density at radius 3 is 2.57 bits per heavy atom. The van der Waals surface area contributed by atoms with Crippen LogP contribution in [0.25, 0.3) is 0 Å². The normalized spacial score (nSPS) is 25.8. The van der Waals surface area contributed by atoms with Gasteiger partial charge in [0.25, 0.3) is 5.09 Å². The number of rotatable bonds is 6. The minimum atomic E-state index is -0.820. The summed E-state index contributed by atoms with van der Waals surface area (Å²) in [6.45, 7) is 0.130. The average Bonchev–Trinajstić information content (AvgIpc) is 3.13. The van der Waals surface area contributed by atoms with Crippen molar-refractivity contribution < 1.29 is 19.5 Å². The largest absolute Gasteiger partial charge is 0.460 e. The summed E-state index contributed by atoms with van der Waals surface area (Å²) in [6, 6.07) is 7.31. The van der Waals surface area contributed by atoms with Crippen molar-refractivity contribution in [2.75, 3.05) is 0 Å². The van der Waals surface area contributed by atoms with E-state index in [4.69, 9.17) is 4.74 Å². The van der Waals surface area contributed by atoms with Crippen LogP contribution in [0.3, 0.4) is 0 Å². The fourth-order valence-electron chi connectivity index (χ4n) is 3.45. The van der Waals surface area contributed by atoms with Crippen LogP contribution in [0.1, 0.15) is 36.8 Å². The molecule has 1 heterocycles. The van der Waals surface area contributed by atoms with E-state index in [9.17, 15) is 14.9 Å². The van der Waals surface area contributed by atoms with Crippen LogP contribution in [0.2, 0.25) is 0 Å². The van der Waals surface area contributed by atoms with E-state index in [1.165, 1.54) is 12.8 Å². The summed E-state index contributed by atoms with van der Waals surface area (Å²) in [4.78, 5) is 26.5. The first-order chi connectivity index (χ1) is 11.1. The number of ether oxygens (including phenoxy) is 1. The van der Waals surface area contributed by atoms with Crippen molar-refractivity contribution in [3.63, 3.8) is 0 Å². The van der Waals surface area contributed by atoms with Gasteiger partial charge in [0.15, 0.2) is 0 Å². The molecule has 2 aliphatic rings. The van der Waals surface area contributed by atoms with Gasteiger partial charge in [0.2, 0.25) is 0 Å². The zero-order valence-corrected chi connectivity index (χ0v) is 12.8. The van der Waals surface area contributed by atoms with E-state index in [2.05, 4.69) is 10.2 Å². The van der Waals surface area contributed by atoms with Crippen LogP contribution < -0.4 is 5.32 Å². The second-order valence-electron chi connectivity index (χ2n) is 6.17. The molecule has 1 aliphatic heterocycles. The summed E-state index contributed by atoms with van der Waals surface area (Å²) >= 11 is 0. The third kappa shape index (κ3) is 3.98. The van der Waals surface area contributed by atoms with Crippen molar-refractivity contribution in [2.45, 2.75) is 51.0 Å². The molecule has 23 heavy (non-hydrogen) atoms. The van der Waals surface area contributed by atoms with Gasteiger partial charge in [-0.05, 0) is 36.3 Å². The second kappa shape index (κ2) is 6.95. The fourth-order valence-corrected chi connectivity index (χ4v) is 3.45. The monoisotopic (exact) mass is 320 g/mol. The average molecular weight is 320 g/mol. The van der Waals surface area contributed by atoms with Crippen LogP contribution in [0, 0.1) is 16.0 Å². The van der Waals surface area contributed by atoms with Crippen molar-refractivity contribution >= 4 is 5.97 Å². The van der Waals surface area contributed by atoms with E-state index in [0.717, 1.165) is 18.4 Å². The van der Waals surface area contributed by atoms with E-state index in [-0.39, 0.29) is 25.2 Å². The van der Waals surface area contributed by atoms with Gasteiger partial charge in [0.05, 0.1) is 0 Å². The molecule has 0 aromatic heterocycles. The van der Waals surface area contributed by atoms with E-state index >= 15 is 0 Å². The van der Waals surface area contributed by atoms with Crippen molar-refractivity contribution in [1.29, 1.82) is 0 Å². The number of carbonyl (C=O) groups is 1. The van der Waals surface area contributed by atoms with Gasteiger partial charge in [-0.3, -0.25) is 4.79 Å². The highest BCUT2D eigenvalue weighted by molar-refractivity contribution is 5.76. The number of fused-ring (bicyclic) bond motifs is 1. The Labute approximate surface area is 134 Å². The summed E-state index contributed by atoms with van der Waals surface area (Å²) in [5, 5.41) is 12.7. The highest BCUT2D eigenvalue weighted by Gasteiger charge is 2.40. The first-order valence-corrected chi connectivity index (χ1v) is 7.89. The Bertz CT molecular complexity index is 562. The van der Waals surface area contributed by atoms with Gasteiger partial charge in [0.1, 0.15) is 19.3 Å². The maximum absolute atomic E-state index is 12.1. The molecular weight excluding hydrogens is 300 g/mol. The first kappa shape index (κ1) is 15.7. The second-order valence-corrected chi connectivity index (χ2v) is 6.17. The van der Waals surface area contributed by atoms with Crippen LogP contribution in [0.15, 0.2) is 24.3 Å². The number of nitrogens with one attached hydrogen (secondary N) is 1. The fraction of sp³-hybridized carbons (Fsp3) is 0.562. The molecule has 7 heteroatoms. The SMILES string of the molecule is O=C(OCc1ccc(CO[N+](=O)[O-])cc1)C1CC2CCCC2N1. The van der Waals surface area contributed by atoms with Gasteiger partial charge in [-0.25, -0.2) is 0 Å². The highest BCUT2D eigenvalue weighted by atomic mass is 16.9. The van der Waals surface area contributed by atoms with Crippen molar-refractivity contribution in [2.24, 2.45) is 5.92 Å². The molecule has 1 saturated heterocycles. The Morgan fingerprint density at radius 2 is 1.91 bits per heavy atom. The van der Waals surface area contributed by atoms with Crippen LogP contribution in [0.4, 0.5) is 0 Å². The van der Waals surface area contributed by atoms with Crippen LogP contribution in [0.5, 0.6) is 0 Å². The standard InChI is InChI=1S/C16H20N2O5/c19-16(15-8-13-2-1-3-14(13)17-15)22-9-11-4-6-12(7-5-11)10-23-18(20)21/h4-7,13-15,17H,1-3,8-10H2. The predicted octanol–water partition coefficient (Wildman–Crippen LogP) is 1.97. The lowest BCUT2D eigenvalue weighted by Gasteiger charge is -2.12. The molecular formula is C16H20N2O5. The van der Waals surface area contributed by atoms with Crippen molar-refractivity contribution in [3.8, 4) is 0 Å². The molecule has 124 valence electrons. The number of hydrogen-bond donors (Lipinski definition) is 1. The van der Waals surface area contributed by atoms with E-state index < -0.39 is 5.09 Å². The zero-order chi connectivity index (χ0) is 16.2. The summed E-state index contributed by atoms with van der Waals surface area (Å²) in [5.41, 5.74) is 1.54. The Morgan fingerprint density at radius 1 is 1.22 bits per heavy atom. The van der Waals surface area contributed by atoms with Gasteiger partial charge in [-0.15, -0.1) is 10.1 Å². The first-order valence-electron chi connectivity index (χ1n) is 7.89. The number of hydrogen-bond acceptors (Lipinski definition) is 6. The number of benzene rings is 1. The Balaban J connectivity index is 1.44. The third-order valence-corrected chi connectivity index (χ3v) is 4.64. The molecule has 0 spiro atoms. The lowest BCUT2D eigenvalue weighted by Crippen LogP contribution is -2.36. The highest BCUT2D eigenvalue weighted by Crippen LogP contribution is 2.34. The summed E-state index contributed by atoms with van der Waals surface area (Å²) < 4.78 is 5.37. The van der Waals surface area contributed by atoms with Crippen LogP contribution >= 0.6 is 0 Å². The predicted molar refractivity (Wildman–Crippen MR) is 80.7 cm³/mol. The summed E-state index contributed by atoms with van der Waals surface area (Å²) in [7, 11) is 0. The van der Waals surface area contributed by atoms with Gasteiger partial charge < -0.3 is 14.9 Å². The molecule has 1 aromatic carbocycles. The topological polar surface area (TPSA) is 90.7 Å². The molecule has 1 saturated carbocycles. The molecule has 3 atom stereocenters. The Hall–Kier alpha value is -2.15. The summed E-state index contributed by atoms with van der Waals surface area (Å²) in [6.07, 6.45) is 4.48. The molecule has 0 radical (unpaired) electrons. The number of carbonyl (C=O) groups excluding carboxylic acids is 1. The van der Waals surface area contributed by atoms with Gasteiger partial charge >= 0.3 is 5.97 Å². The molecule has 1 N–H and O–H groups in total. The molecule has 0 amide bonds. The van der Waals surface area contributed by atoms with Gasteiger partial charge in [-0.2, -0.15) is 0 Å². The number of esters is 1. The molecule has 7 nitrogen and oxygen atoms in total. The van der Waals surface area contributed by atoms with E-state index in [0.29, 0.717) is 17.5 Å². The molecule has 0 bridgehead atoms. The quantitative estimate of drug-likeness (QED) is 0.489. The minimum absolute atomic E-state index is 0.0815. The van der Waals surface area contributed by atoms with Gasteiger partial charge in [-0.1, -0.05) is 30.7 Å². The number of nitrogens with zero attached hydrogens (tertiary/aromatic N) is 1. The zero-order valence-electron chi connectivity index (χ0n) is 12.8. The molecule has 3 unspecified atom stereocenters. The third-order valence-electron chi connectivity index (χ3n) is 4.64. The minimum Gasteiger partial charge on any atom is -0.460 e. The van der Waals surface area contributed by atoms with Crippen LogP contribution in [-0.4, -0.2) is 23.1 Å². The van der Waals surface area contributed by atoms with E-state index in [1.807, 2.05) is 0 Å². The lowest BCUT2D eigenvalue weighted by molar-refractivity contribution is -0.763. The van der Waals surface area contributed by atoms with Gasteiger partial charge in [0, 0.05) is 6.04 Å². The maximum Gasteiger partial charge on any atom is 0.323 e. The van der Waals surface area contributed by atoms with E-state index in [1.54, 1.807) is 24.3 Å². The molecule has 1 aliphatic carbocycles. The molecule has 3 rings (SSSR count). The summed E-state index contributed by atoms with van der Waals surface area (Å²) in [5.74, 6) is 0.425.